The highest BCUT2D eigenvalue weighted by Gasteiger charge is 2.40. The Hall–Kier alpha value is -1.90. The fourth-order valence-corrected chi connectivity index (χ4v) is 4.54. The molecule has 0 bridgehead atoms. The molecule has 1 aliphatic heterocycles. The molecule has 1 saturated heterocycles. The molecule has 0 radical (unpaired) electrons. The van der Waals surface area contributed by atoms with Gasteiger partial charge in [-0.1, -0.05) is 30.3 Å². The molecule has 0 spiro atoms. The Morgan fingerprint density at radius 1 is 1.00 bits per heavy atom. The van der Waals surface area contributed by atoms with E-state index in [0.29, 0.717) is 12.1 Å². The predicted octanol–water partition coefficient (Wildman–Crippen LogP) is 2.22. The number of hydrogen-bond acceptors (Lipinski definition) is 3. The van der Waals surface area contributed by atoms with Crippen LogP contribution in [0.2, 0.25) is 0 Å². The zero-order chi connectivity index (χ0) is 17.5. The molecule has 2 atom stereocenters. The molecule has 3 rings (SSSR count). The van der Waals surface area contributed by atoms with E-state index in [1.54, 1.807) is 12.1 Å². The van der Waals surface area contributed by atoms with Gasteiger partial charge < -0.3 is 5.73 Å². The summed E-state index contributed by atoms with van der Waals surface area (Å²) >= 11 is 0. The Bertz CT molecular complexity index is 836. The Morgan fingerprint density at radius 2 is 1.58 bits per heavy atom. The van der Waals surface area contributed by atoms with Crippen LogP contribution in [-0.2, 0) is 10.0 Å². The van der Waals surface area contributed by atoms with Crippen LogP contribution < -0.4 is 5.73 Å². The van der Waals surface area contributed by atoms with Crippen molar-refractivity contribution >= 4 is 10.0 Å². The number of nitrogens with zero attached hydrogens (tertiary/aromatic N) is 1. The largest absolute Gasteiger partial charge is 0.326 e. The minimum absolute atomic E-state index is 0.00374. The van der Waals surface area contributed by atoms with Crippen molar-refractivity contribution < 1.29 is 21.6 Å². The summed E-state index contributed by atoms with van der Waals surface area (Å²) in [6.07, 6.45) is 0. The molecular formula is C16H15F3N2O2S. The third-order valence-electron chi connectivity index (χ3n) is 4.12. The normalized spacial score (nSPS) is 22.0. The minimum Gasteiger partial charge on any atom is -0.326 e. The minimum atomic E-state index is -4.45. The number of sulfonamides is 1. The van der Waals surface area contributed by atoms with Gasteiger partial charge >= 0.3 is 0 Å². The molecule has 1 heterocycles. The molecule has 4 nitrogen and oxygen atoms in total. The molecule has 0 aromatic heterocycles. The molecule has 0 amide bonds. The molecule has 2 aromatic rings. The van der Waals surface area contributed by atoms with E-state index in [2.05, 4.69) is 0 Å². The van der Waals surface area contributed by atoms with Crippen LogP contribution >= 0.6 is 0 Å². The van der Waals surface area contributed by atoms with Gasteiger partial charge in [0.2, 0.25) is 10.0 Å². The van der Waals surface area contributed by atoms with Crippen LogP contribution in [0.5, 0.6) is 0 Å². The van der Waals surface area contributed by atoms with Crippen molar-refractivity contribution in [2.45, 2.75) is 16.9 Å². The maximum Gasteiger partial charge on any atom is 0.249 e. The first-order chi connectivity index (χ1) is 11.3. The highest BCUT2D eigenvalue weighted by atomic mass is 32.2. The molecule has 2 N–H and O–H groups in total. The summed E-state index contributed by atoms with van der Waals surface area (Å²) in [6.45, 7) is -0.0675. The SMILES string of the molecule is N[C@@H]1CN(S(=O)(=O)c2c(F)cc(F)cc2F)C[C@H]1c1ccccc1. The zero-order valence-corrected chi connectivity index (χ0v) is 13.3. The molecule has 0 unspecified atom stereocenters. The summed E-state index contributed by atoms with van der Waals surface area (Å²) in [5.41, 5.74) is 6.87. The van der Waals surface area contributed by atoms with Crippen LogP contribution in [0.25, 0.3) is 0 Å². The van der Waals surface area contributed by atoms with Crippen LogP contribution in [0.15, 0.2) is 47.4 Å². The average Bonchev–Trinajstić information content (AvgIpc) is 2.89. The Balaban J connectivity index is 1.95. The van der Waals surface area contributed by atoms with Crippen molar-refractivity contribution in [3.05, 3.63) is 65.5 Å². The zero-order valence-electron chi connectivity index (χ0n) is 12.5. The van der Waals surface area contributed by atoms with Gasteiger partial charge in [0.25, 0.3) is 0 Å². The van der Waals surface area contributed by atoms with Gasteiger partial charge in [-0.05, 0) is 5.56 Å². The summed E-state index contributed by atoms with van der Waals surface area (Å²) < 4.78 is 66.8. The lowest BCUT2D eigenvalue weighted by Crippen LogP contribution is -2.33. The van der Waals surface area contributed by atoms with Crippen molar-refractivity contribution in [1.29, 1.82) is 0 Å². The number of hydrogen-bond donors (Lipinski definition) is 1. The summed E-state index contributed by atoms with van der Waals surface area (Å²) in [5, 5.41) is 0. The fourth-order valence-electron chi connectivity index (χ4n) is 2.95. The molecule has 0 saturated carbocycles. The van der Waals surface area contributed by atoms with E-state index in [0.717, 1.165) is 9.87 Å². The Morgan fingerprint density at radius 3 is 2.17 bits per heavy atom. The van der Waals surface area contributed by atoms with E-state index in [9.17, 15) is 21.6 Å². The number of nitrogens with two attached hydrogens (primary N) is 1. The maximum absolute atomic E-state index is 13.9. The van der Waals surface area contributed by atoms with Gasteiger partial charge in [0.05, 0.1) is 0 Å². The van der Waals surface area contributed by atoms with Gasteiger partial charge in [-0.15, -0.1) is 0 Å². The average molecular weight is 356 g/mol. The molecule has 1 fully saturated rings. The summed E-state index contributed by atoms with van der Waals surface area (Å²) in [5.74, 6) is -4.37. The lowest BCUT2D eigenvalue weighted by Gasteiger charge is -2.17. The highest BCUT2D eigenvalue weighted by Crippen LogP contribution is 2.32. The topological polar surface area (TPSA) is 63.4 Å². The van der Waals surface area contributed by atoms with Crippen molar-refractivity contribution in [1.82, 2.24) is 4.31 Å². The van der Waals surface area contributed by atoms with Crippen LogP contribution in [0.3, 0.4) is 0 Å². The van der Waals surface area contributed by atoms with Gasteiger partial charge in [0, 0.05) is 37.2 Å². The number of halogens is 3. The second kappa shape index (κ2) is 6.19. The van der Waals surface area contributed by atoms with E-state index < -0.39 is 38.4 Å². The molecule has 1 aliphatic rings. The summed E-state index contributed by atoms with van der Waals surface area (Å²) in [4.78, 5) is -1.15. The lowest BCUT2D eigenvalue weighted by atomic mass is 9.95. The van der Waals surface area contributed by atoms with Gasteiger partial charge in [0.1, 0.15) is 17.5 Å². The first kappa shape index (κ1) is 16.9. The third-order valence-corrected chi connectivity index (χ3v) is 6.00. The smallest absolute Gasteiger partial charge is 0.249 e. The predicted molar refractivity (Wildman–Crippen MR) is 82.2 cm³/mol. The standard InChI is InChI=1S/C16H15F3N2O2S/c17-11-6-13(18)16(14(19)7-11)24(22,23)21-8-12(15(20)9-21)10-4-2-1-3-5-10/h1-7,12,15H,8-9,20H2/t12-,15+/m0/s1. The van der Waals surface area contributed by atoms with Crippen molar-refractivity contribution in [2.75, 3.05) is 13.1 Å². The third kappa shape index (κ3) is 2.92. The Labute approximate surface area is 137 Å². The molecule has 24 heavy (non-hydrogen) atoms. The summed E-state index contributed by atoms with van der Waals surface area (Å²) in [6, 6.07) is 9.26. The lowest BCUT2D eigenvalue weighted by molar-refractivity contribution is 0.446. The monoisotopic (exact) mass is 356 g/mol. The quantitative estimate of drug-likeness (QED) is 0.917. The first-order valence-corrected chi connectivity index (χ1v) is 8.70. The molecular weight excluding hydrogens is 341 g/mol. The molecule has 8 heteroatoms. The van der Waals surface area contributed by atoms with E-state index in [1.165, 1.54) is 0 Å². The molecule has 128 valence electrons. The van der Waals surface area contributed by atoms with Gasteiger partial charge in [0.15, 0.2) is 4.90 Å². The van der Waals surface area contributed by atoms with Crippen molar-refractivity contribution in [3.8, 4) is 0 Å². The van der Waals surface area contributed by atoms with Gasteiger partial charge in [-0.2, -0.15) is 4.31 Å². The van der Waals surface area contributed by atoms with E-state index in [1.807, 2.05) is 18.2 Å². The highest BCUT2D eigenvalue weighted by molar-refractivity contribution is 7.89. The maximum atomic E-state index is 13.9. The van der Waals surface area contributed by atoms with Gasteiger partial charge in [-0.25, -0.2) is 21.6 Å². The van der Waals surface area contributed by atoms with E-state index in [4.69, 9.17) is 5.73 Å². The van der Waals surface area contributed by atoms with Crippen LogP contribution in [0.4, 0.5) is 13.2 Å². The van der Waals surface area contributed by atoms with Crippen molar-refractivity contribution in [2.24, 2.45) is 5.73 Å². The van der Waals surface area contributed by atoms with E-state index >= 15 is 0 Å². The van der Waals surface area contributed by atoms with Crippen LogP contribution in [0.1, 0.15) is 11.5 Å². The fraction of sp³-hybridized carbons (Fsp3) is 0.250. The second-order valence-electron chi connectivity index (χ2n) is 5.70. The van der Waals surface area contributed by atoms with Crippen LogP contribution in [0, 0.1) is 17.5 Å². The van der Waals surface area contributed by atoms with Gasteiger partial charge in [-0.3, -0.25) is 0 Å². The van der Waals surface area contributed by atoms with Crippen molar-refractivity contribution in [3.63, 3.8) is 0 Å². The second-order valence-corrected chi connectivity index (χ2v) is 7.58. The number of benzene rings is 2. The van der Waals surface area contributed by atoms with E-state index in [-0.39, 0.29) is 19.0 Å². The van der Waals surface area contributed by atoms with Crippen LogP contribution in [-0.4, -0.2) is 31.9 Å². The molecule has 2 aromatic carbocycles. The first-order valence-electron chi connectivity index (χ1n) is 7.26. The Kier molecular flexibility index (Phi) is 4.37. The molecule has 0 aliphatic carbocycles. The number of rotatable bonds is 3. The summed E-state index contributed by atoms with van der Waals surface area (Å²) in [7, 11) is -4.45.